The molecule has 0 aliphatic rings. The summed E-state index contributed by atoms with van der Waals surface area (Å²) in [4.78, 5) is 0. The molecule has 3 rings (SSSR count). The molecule has 0 unspecified atom stereocenters. The fourth-order valence-electron chi connectivity index (χ4n) is 2.27. The first-order chi connectivity index (χ1) is 9.81. The summed E-state index contributed by atoms with van der Waals surface area (Å²) >= 11 is 0. The minimum atomic E-state index is 0.621. The van der Waals surface area contributed by atoms with Crippen molar-refractivity contribution in [2.45, 2.75) is 6.92 Å². The lowest BCUT2D eigenvalue weighted by atomic mass is 9.96. The normalized spacial score (nSPS) is 10.2. The van der Waals surface area contributed by atoms with E-state index >= 15 is 0 Å². The molecule has 96 valence electrons. The van der Waals surface area contributed by atoms with Gasteiger partial charge in [-0.05, 0) is 13.0 Å². The summed E-state index contributed by atoms with van der Waals surface area (Å²) in [5, 5.41) is 13.3. The summed E-state index contributed by atoms with van der Waals surface area (Å²) in [7, 11) is 0. The van der Waals surface area contributed by atoms with Crippen LogP contribution in [0, 0.1) is 18.3 Å². The Labute approximate surface area is 117 Å². The van der Waals surface area contributed by atoms with Gasteiger partial charge in [0.15, 0.2) is 5.76 Å². The largest absolute Gasteiger partial charge is 0.355 e. The van der Waals surface area contributed by atoms with E-state index in [1.807, 2.05) is 55.5 Å². The van der Waals surface area contributed by atoms with E-state index in [4.69, 9.17) is 4.52 Å². The third kappa shape index (κ3) is 1.98. The zero-order valence-electron chi connectivity index (χ0n) is 11.0. The van der Waals surface area contributed by atoms with Crippen LogP contribution in [0.2, 0.25) is 0 Å². The van der Waals surface area contributed by atoms with Crippen LogP contribution in [-0.2, 0) is 0 Å². The fourth-order valence-corrected chi connectivity index (χ4v) is 2.27. The number of hydrogen-bond acceptors (Lipinski definition) is 3. The highest BCUT2D eigenvalue weighted by Crippen LogP contribution is 2.36. The number of rotatable bonds is 2. The second-order valence-electron chi connectivity index (χ2n) is 4.50. The molecule has 3 heteroatoms. The molecule has 0 aliphatic carbocycles. The van der Waals surface area contributed by atoms with E-state index in [0.29, 0.717) is 11.3 Å². The predicted octanol–water partition coefficient (Wildman–Crippen LogP) is 4.19. The number of nitrogens with zero attached hydrogens (tertiary/aromatic N) is 2. The molecule has 0 amide bonds. The number of benzene rings is 2. The molecule has 0 saturated carbocycles. The Morgan fingerprint density at radius 3 is 2.45 bits per heavy atom. The minimum Gasteiger partial charge on any atom is -0.355 e. The van der Waals surface area contributed by atoms with Gasteiger partial charge < -0.3 is 4.52 Å². The molecule has 0 bridgehead atoms. The first kappa shape index (κ1) is 12.2. The lowest BCUT2D eigenvalue weighted by Gasteiger charge is -2.04. The Morgan fingerprint density at radius 1 is 1.00 bits per heavy atom. The molecule has 1 aromatic heterocycles. The van der Waals surface area contributed by atoms with E-state index in [1.165, 1.54) is 0 Å². The van der Waals surface area contributed by atoms with Gasteiger partial charge in [0.2, 0.25) is 0 Å². The molecule has 3 nitrogen and oxygen atoms in total. The van der Waals surface area contributed by atoms with Gasteiger partial charge in [-0.25, -0.2) is 0 Å². The van der Waals surface area contributed by atoms with Gasteiger partial charge in [0, 0.05) is 11.1 Å². The summed E-state index contributed by atoms with van der Waals surface area (Å²) in [6.45, 7) is 1.89. The van der Waals surface area contributed by atoms with Crippen LogP contribution in [0.25, 0.3) is 22.5 Å². The SMILES string of the molecule is Cc1noc(-c2ccccc2)c1-c1ccccc1C#N. The molecule has 0 aliphatic heterocycles. The molecule has 2 aromatic carbocycles. The monoisotopic (exact) mass is 260 g/mol. The summed E-state index contributed by atoms with van der Waals surface area (Å²) in [5.74, 6) is 0.700. The number of nitriles is 1. The van der Waals surface area contributed by atoms with Crippen molar-refractivity contribution in [3.63, 3.8) is 0 Å². The molecule has 0 fully saturated rings. The van der Waals surface area contributed by atoms with Crippen molar-refractivity contribution in [1.82, 2.24) is 5.16 Å². The van der Waals surface area contributed by atoms with E-state index in [1.54, 1.807) is 6.07 Å². The van der Waals surface area contributed by atoms with Crippen LogP contribution in [0.4, 0.5) is 0 Å². The maximum Gasteiger partial charge on any atom is 0.174 e. The van der Waals surface area contributed by atoms with E-state index in [9.17, 15) is 5.26 Å². The Morgan fingerprint density at radius 2 is 1.70 bits per heavy atom. The molecular weight excluding hydrogens is 248 g/mol. The fraction of sp³-hybridized carbons (Fsp3) is 0.0588. The van der Waals surface area contributed by atoms with Crippen LogP contribution in [0.1, 0.15) is 11.3 Å². The number of aromatic nitrogens is 1. The third-order valence-corrected chi connectivity index (χ3v) is 3.22. The quantitative estimate of drug-likeness (QED) is 0.694. The molecule has 0 saturated heterocycles. The molecular formula is C17H12N2O. The highest BCUT2D eigenvalue weighted by molar-refractivity contribution is 5.84. The van der Waals surface area contributed by atoms with Gasteiger partial charge in [0.25, 0.3) is 0 Å². The van der Waals surface area contributed by atoms with Crippen molar-refractivity contribution in [1.29, 1.82) is 5.26 Å². The third-order valence-electron chi connectivity index (χ3n) is 3.22. The summed E-state index contributed by atoms with van der Waals surface area (Å²) in [6, 6.07) is 19.5. The number of hydrogen-bond donors (Lipinski definition) is 0. The van der Waals surface area contributed by atoms with Gasteiger partial charge in [-0.2, -0.15) is 5.26 Å². The Balaban J connectivity index is 2.26. The average molecular weight is 260 g/mol. The highest BCUT2D eigenvalue weighted by Gasteiger charge is 2.18. The van der Waals surface area contributed by atoms with Crippen LogP contribution < -0.4 is 0 Å². The lowest BCUT2D eigenvalue weighted by Crippen LogP contribution is -1.87. The molecule has 0 radical (unpaired) electrons. The van der Waals surface area contributed by atoms with E-state index in [2.05, 4.69) is 11.2 Å². The van der Waals surface area contributed by atoms with Crippen molar-refractivity contribution < 1.29 is 4.52 Å². The molecule has 0 spiro atoms. The van der Waals surface area contributed by atoms with Crippen LogP contribution in [-0.4, -0.2) is 5.16 Å². The van der Waals surface area contributed by atoms with Crippen molar-refractivity contribution in [3.05, 3.63) is 65.9 Å². The van der Waals surface area contributed by atoms with Crippen molar-refractivity contribution in [2.75, 3.05) is 0 Å². The first-order valence-corrected chi connectivity index (χ1v) is 6.32. The summed E-state index contributed by atoms with van der Waals surface area (Å²) in [5.41, 5.74) is 4.10. The van der Waals surface area contributed by atoms with Crippen LogP contribution >= 0.6 is 0 Å². The molecule has 0 N–H and O–H groups in total. The average Bonchev–Trinajstić information content (AvgIpc) is 2.89. The van der Waals surface area contributed by atoms with Gasteiger partial charge in [-0.3, -0.25) is 0 Å². The molecule has 1 heterocycles. The van der Waals surface area contributed by atoms with Crippen LogP contribution in [0.3, 0.4) is 0 Å². The molecule has 3 aromatic rings. The minimum absolute atomic E-state index is 0.621. The van der Waals surface area contributed by atoms with Crippen molar-refractivity contribution >= 4 is 0 Å². The van der Waals surface area contributed by atoms with Crippen molar-refractivity contribution in [2.24, 2.45) is 0 Å². The van der Waals surface area contributed by atoms with E-state index in [0.717, 1.165) is 22.4 Å². The number of aryl methyl sites for hydroxylation is 1. The van der Waals surface area contributed by atoms with Gasteiger partial charge in [-0.1, -0.05) is 53.7 Å². The van der Waals surface area contributed by atoms with Crippen LogP contribution in [0.5, 0.6) is 0 Å². The second-order valence-corrected chi connectivity index (χ2v) is 4.50. The predicted molar refractivity (Wildman–Crippen MR) is 76.8 cm³/mol. The summed E-state index contributed by atoms with van der Waals surface area (Å²) < 4.78 is 5.48. The Kier molecular flexibility index (Phi) is 3.06. The Bertz CT molecular complexity index is 782. The second kappa shape index (κ2) is 5.02. The van der Waals surface area contributed by atoms with Gasteiger partial charge in [0.1, 0.15) is 0 Å². The van der Waals surface area contributed by atoms with Crippen LogP contribution in [0.15, 0.2) is 59.1 Å². The van der Waals surface area contributed by atoms with E-state index < -0.39 is 0 Å². The topological polar surface area (TPSA) is 49.8 Å². The first-order valence-electron chi connectivity index (χ1n) is 6.32. The summed E-state index contributed by atoms with van der Waals surface area (Å²) in [6.07, 6.45) is 0. The van der Waals surface area contributed by atoms with Gasteiger partial charge in [-0.15, -0.1) is 0 Å². The maximum absolute atomic E-state index is 9.27. The molecule has 0 atom stereocenters. The zero-order valence-corrected chi connectivity index (χ0v) is 11.0. The highest BCUT2D eigenvalue weighted by atomic mass is 16.5. The van der Waals surface area contributed by atoms with Gasteiger partial charge >= 0.3 is 0 Å². The maximum atomic E-state index is 9.27. The van der Waals surface area contributed by atoms with Gasteiger partial charge in [0.05, 0.1) is 22.9 Å². The molecule has 20 heavy (non-hydrogen) atoms. The zero-order chi connectivity index (χ0) is 13.9. The standard InChI is InChI=1S/C17H12N2O/c1-12-16(15-10-6-5-9-14(15)11-18)17(20-19-12)13-7-3-2-4-8-13/h2-10H,1H3. The smallest absolute Gasteiger partial charge is 0.174 e. The van der Waals surface area contributed by atoms with Crippen molar-refractivity contribution in [3.8, 4) is 28.5 Å². The lowest BCUT2D eigenvalue weighted by molar-refractivity contribution is 0.427. The van der Waals surface area contributed by atoms with E-state index in [-0.39, 0.29) is 0 Å². The Hall–Kier alpha value is -2.86.